The van der Waals surface area contributed by atoms with E-state index in [1.165, 1.54) is 0 Å². The molecule has 0 aromatic heterocycles. The Kier molecular flexibility index (Phi) is 4.56. The molecule has 7 heteroatoms. The van der Waals surface area contributed by atoms with Gasteiger partial charge in [0.25, 0.3) is 0 Å². The van der Waals surface area contributed by atoms with Crippen molar-refractivity contribution in [1.29, 1.82) is 0 Å². The lowest BCUT2D eigenvalue weighted by Gasteiger charge is -2.68. The van der Waals surface area contributed by atoms with Crippen molar-refractivity contribution in [2.45, 2.75) is 68.7 Å². The first kappa shape index (κ1) is 21.3. The van der Waals surface area contributed by atoms with E-state index in [4.69, 9.17) is 14.2 Å². The van der Waals surface area contributed by atoms with Crippen molar-refractivity contribution in [3.8, 4) is 0 Å². The van der Waals surface area contributed by atoms with E-state index in [0.717, 1.165) is 32.4 Å². The van der Waals surface area contributed by atoms with Crippen LogP contribution in [0.2, 0.25) is 0 Å². The van der Waals surface area contributed by atoms with Crippen LogP contribution >= 0.6 is 0 Å². The standard InChI is InChI=1S/C24H39NO6/c1-5-25-10-22(11-29-2)7-6-15(26)24-13-8-12-14(30-3)9-23(28,16(13)18(12)27)17(21(24)25)19(31-4)20(22)24/h12-21,26-28H,5-11H2,1-4H3/t12-,13-,14+,15-,16-,17+,18+,19+,20-,21?,22+,23-,24+/m1/s1. The Morgan fingerprint density at radius 3 is 2.52 bits per heavy atom. The van der Waals surface area contributed by atoms with Gasteiger partial charge in [0.05, 0.1) is 36.6 Å². The van der Waals surface area contributed by atoms with Crippen LogP contribution in [-0.4, -0.2) is 97.3 Å². The fraction of sp³-hybridized carbons (Fsp3) is 1.00. The number of nitrogens with zero attached hydrogens (tertiary/aromatic N) is 1. The lowest BCUT2D eigenvalue weighted by atomic mass is 9.43. The average Bonchev–Trinajstić information content (AvgIpc) is 3.16. The van der Waals surface area contributed by atoms with Crippen LogP contribution in [0.3, 0.4) is 0 Å². The number of aliphatic hydroxyl groups excluding tert-OH is 2. The molecule has 3 N–H and O–H groups in total. The van der Waals surface area contributed by atoms with Crippen LogP contribution in [0.25, 0.3) is 0 Å². The van der Waals surface area contributed by atoms with Gasteiger partial charge in [-0.15, -0.1) is 0 Å². The summed E-state index contributed by atoms with van der Waals surface area (Å²) in [7, 11) is 5.24. The second kappa shape index (κ2) is 6.65. The van der Waals surface area contributed by atoms with Crippen molar-refractivity contribution in [2.24, 2.45) is 40.4 Å². The molecule has 13 atom stereocenters. The summed E-state index contributed by atoms with van der Waals surface area (Å²) in [5, 5.41) is 35.7. The minimum absolute atomic E-state index is 0.0248. The van der Waals surface area contributed by atoms with Gasteiger partial charge in [-0.05, 0) is 31.7 Å². The first-order chi connectivity index (χ1) is 14.9. The number of piperidine rings is 1. The lowest BCUT2D eigenvalue weighted by Crippen LogP contribution is -2.76. The molecule has 1 saturated heterocycles. The zero-order valence-corrected chi connectivity index (χ0v) is 19.2. The zero-order valence-electron chi connectivity index (χ0n) is 19.2. The molecule has 176 valence electrons. The smallest absolute Gasteiger partial charge is 0.0796 e. The first-order valence-electron chi connectivity index (χ1n) is 12.2. The number of fused-ring (bicyclic) bond motifs is 2. The van der Waals surface area contributed by atoms with Gasteiger partial charge < -0.3 is 29.5 Å². The Hall–Kier alpha value is -0.280. The number of hydrogen-bond acceptors (Lipinski definition) is 7. The molecule has 0 aromatic carbocycles. The molecular weight excluding hydrogens is 398 g/mol. The van der Waals surface area contributed by atoms with Crippen LogP contribution in [0.1, 0.15) is 32.6 Å². The minimum atomic E-state index is -1.05. The summed E-state index contributed by atoms with van der Waals surface area (Å²) in [5.74, 6) is -0.168. The third-order valence-corrected chi connectivity index (χ3v) is 11.1. The third-order valence-electron chi connectivity index (χ3n) is 11.1. The van der Waals surface area contributed by atoms with Gasteiger partial charge in [-0.2, -0.15) is 0 Å². The quantitative estimate of drug-likeness (QED) is 0.577. The Labute approximate surface area is 185 Å². The molecule has 0 aromatic rings. The fourth-order valence-corrected chi connectivity index (χ4v) is 10.7. The van der Waals surface area contributed by atoms with Crippen LogP contribution in [0.15, 0.2) is 0 Å². The van der Waals surface area contributed by atoms with E-state index in [2.05, 4.69) is 11.8 Å². The molecule has 6 aliphatic rings. The number of aliphatic hydroxyl groups is 3. The molecule has 31 heavy (non-hydrogen) atoms. The topological polar surface area (TPSA) is 91.6 Å². The maximum atomic E-state index is 12.5. The Bertz CT molecular complexity index is 752. The van der Waals surface area contributed by atoms with Crippen LogP contribution in [-0.2, 0) is 14.2 Å². The molecule has 6 rings (SSSR count). The molecule has 7 bridgehead atoms. The van der Waals surface area contributed by atoms with Crippen molar-refractivity contribution in [3.05, 3.63) is 0 Å². The second-order valence-corrected chi connectivity index (χ2v) is 11.6. The predicted octanol–water partition coefficient (Wildman–Crippen LogP) is 0.502. The number of rotatable bonds is 5. The summed E-state index contributed by atoms with van der Waals surface area (Å²) in [6.07, 6.45) is 1.65. The SMILES string of the molecule is CCN1C[C@]2(COC)CC[C@@H](O)[C@]34C1[C@H]([C@H](OC)[C@H]23)[C@@]1(O)C[C@H](OC)[C@H]2C[C@@H]4[C@@H]1[C@H]2O. The van der Waals surface area contributed by atoms with E-state index in [-0.39, 0.29) is 58.7 Å². The monoisotopic (exact) mass is 437 g/mol. The van der Waals surface area contributed by atoms with E-state index in [9.17, 15) is 15.3 Å². The summed E-state index contributed by atoms with van der Waals surface area (Å²) in [6, 6.07) is 0.0561. The van der Waals surface area contributed by atoms with Crippen molar-refractivity contribution >= 4 is 0 Å². The van der Waals surface area contributed by atoms with Gasteiger partial charge in [-0.3, -0.25) is 4.90 Å². The zero-order chi connectivity index (χ0) is 21.9. The van der Waals surface area contributed by atoms with Crippen molar-refractivity contribution in [3.63, 3.8) is 0 Å². The van der Waals surface area contributed by atoms with Gasteiger partial charge >= 0.3 is 0 Å². The molecule has 6 fully saturated rings. The third kappa shape index (κ3) is 2.12. The van der Waals surface area contributed by atoms with Gasteiger partial charge in [0, 0.05) is 74.8 Å². The summed E-state index contributed by atoms with van der Waals surface area (Å²) < 4.78 is 18.0. The van der Waals surface area contributed by atoms with Gasteiger partial charge in [0.15, 0.2) is 0 Å². The number of methoxy groups -OCH3 is 3. The summed E-state index contributed by atoms with van der Waals surface area (Å²) >= 11 is 0. The van der Waals surface area contributed by atoms with E-state index >= 15 is 0 Å². The normalized spacial score (nSPS) is 61.6. The van der Waals surface area contributed by atoms with Crippen LogP contribution in [0.4, 0.5) is 0 Å². The van der Waals surface area contributed by atoms with Crippen molar-refractivity contribution in [2.75, 3.05) is 41.0 Å². The average molecular weight is 438 g/mol. The van der Waals surface area contributed by atoms with Gasteiger partial charge in [0.1, 0.15) is 0 Å². The van der Waals surface area contributed by atoms with E-state index in [0.29, 0.717) is 13.0 Å². The van der Waals surface area contributed by atoms with Crippen molar-refractivity contribution in [1.82, 2.24) is 4.90 Å². The molecule has 5 aliphatic carbocycles. The lowest BCUT2D eigenvalue weighted by molar-refractivity contribution is -0.272. The highest BCUT2D eigenvalue weighted by Crippen LogP contribution is 2.79. The molecular formula is C24H39NO6. The van der Waals surface area contributed by atoms with Crippen molar-refractivity contribution < 1.29 is 29.5 Å². The molecule has 1 aliphatic heterocycles. The van der Waals surface area contributed by atoms with Crippen LogP contribution in [0, 0.1) is 40.4 Å². The summed E-state index contributed by atoms with van der Waals surface area (Å²) in [4.78, 5) is 2.52. The number of likely N-dealkylation sites (tertiary alicyclic amines) is 1. The maximum Gasteiger partial charge on any atom is 0.0796 e. The van der Waals surface area contributed by atoms with Gasteiger partial charge in [0.2, 0.25) is 0 Å². The van der Waals surface area contributed by atoms with Gasteiger partial charge in [-0.25, -0.2) is 0 Å². The highest BCUT2D eigenvalue weighted by molar-refractivity contribution is 5.35. The molecule has 5 saturated carbocycles. The summed E-state index contributed by atoms with van der Waals surface area (Å²) in [5.41, 5.74) is -1.54. The maximum absolute atomic E-state index is 12.5. The largest absolute Gasteiger partial charge is 0.392 e. The highest BCUT2D eigenvalue weighted by atomic mass is 16.5. The van der Waals surface area contributed by atoms with Crippen LogP contribution < -0.4 is 0 Å². The van der Waals surface area contributed by atoms with E-state index < -0.39 is 17.8 Å². The number of hydrogen-bond donors (Lipinski definition) is 3. The van der Waals surface area contributed by atoms with Crippen LogP contribution in [0.5, 0.6) is 0 Å². The van der Waals surface area contributed by atoms with E-state index in [1.54, 1.807) is 21.3 Å². The Morgan fingerprint density at radius 2 is 1.87 bits per heavy atom. The molecule has 0 radical (unpaired) electrons. The highest BCUT2D eigenvalue weighted by Gasteiger charge is 2.86. The molecule has 1 spiro atoms. The molecule has 1 heterocycles. The van der Waals surface area contributed by atoms with E-state index in [1.807, 2.05) is 0 Å². The molecule has 7 nitrogen and oxygen atoms in total. The second-order valence-electron chi connectivity index (χ2n) is 11.6. The molecule has 0 amide bonds. The minimum Gasteiger partial charge on any atom is -0.392 e. The Morgan fingerprint density at radius 1 is 1.10 bits per heavy atom. The van der Waals surface area contributed by atoms with Gasteiger partial charge in [-0.1, -0.05) is 6.92 Å². The molecule has 1 unspecified atom stereocenters. The summed E-state index contributed by atoms with van der Waals surface area (Å²) in [6.45, 7) is 4.63. The fourth-order valence-electron chi connectivity index (χ4n) is 10.7. The predicted molar refractivity (Wildman–Crippen MR) is 112 cm³/mol. The first-order valence-corrected chi connectivity index (χ1v) is 12.2. The Balaban J connectivity index is 1.62. The number of ether oxygens (including phenoxy) is 3.